The summed E-state index contributed by atoms with van der Waals surface area (Å²) in [6, 6.07) is 14.0. The standard InChI is InChI=1S/C23H19FN6O/c1-23(2,13-25)29-22(31)18-6-4-5-17(28-18)16-9-15-10-19(30(3)21(15)27-12-16)14-7-8-20(24)26-11-14/h4-12H,1-3H3,(H,29,31). The fourth-order valence-electron chi connectivity index (χ4n) is 3.26. The first kappa shape index (κ1) is 20.2. The van der Waals surface area contributed by atoms with Crippen molar-refractivity contribution in [3.05, 3.63) is 66.5 Å². The number of aryl methyl sites for hydroxylation is 1. The summed E-state index contributed by atoms with van der Waals surface area (Å²) in [5, 5.41) is 12.7. The van der Waals surface area contributed by atoms with E-state index in [-0.39, 0.29) is 5.69 Å². The van der Waals surface area contributed by atoms with Gasteiger partial charge in [0, 0.05) is 36.0 Å². The van der Waals surface area contributed by atoms with E-state index in [0.717, 1.165) is 27.9 Å². The molecule has 1 N–H and O–H groups in total. The zero-order valence-electron chi connectivity index (χ0n) is 17.2. The topological polar surface area (TPSA) is 96.5 Å². The third kappa shape index (κ3) is 3.98. The van der Waals surface area contributed by atoms with Crippen molar-refractivity contribution in [2.45, 2.75) is 19.4 Å². The van der Waals surface area contributed by atoms with E-state index in [4.69, 9.17) is 5.26 Å². The van der Waals surface area contributed by atoms with Gasteiger partial charge >= 0.3 is 0 Å². The van der Waals surface area contributed by atoms with Crippen molar-refractivity contribution < 1.29 is 9.18 Å². The van der Waals surface area contributed by atoms with Crippen LogP contribution in [0.3, 0.4) is 0 Å². The molecule has 154 valence electrons. The monoisotopic (exact) mass is 414 g/mol. The van der Waals surface area contributed by atoms with Crippen molar-refractivity contribution in [3.63, 3.8) is 0 Å². The predicted octanol–water partition coefficient (Wildman–Crippen LogP) is 3.87. The molecule has 4 heterocycles. The Morgan fingerprint density at radius 3 is 2.61 bits per heavy atom. The van der Waals surface area contributed by atoms with Crippen LogP contribution in [0, 0.1) is 17.3 Å². The van der Waals surface area contributed by atoms with Crippen molar-refractivity contribution in [1.82, 2.24) is 24.8 Å². The lowest BCUT2D eigenvalue weighted by Crippen LogP contribution is -2.42. The molecule has 0 aromatic carbocycles. The van der Waals surface area contributed by atoms with Crippen LogP contribution in [0.15, 0.2) is 54.9 Å². The molecule has 31 heavy (non-hydrogen) atoms. The highest BCUT2D eigenvalue weighted by Crippen LogP contribution is 2.28. The van der Waals surface area contributed by atoms with Gasteiger partial charge in [0.25, 0.3) is 5.91 Å². The summed E-state index contributed by atoms with van der Waals surface area (Å²) in [7, 11) is 1.88. The number of hydrogen-bond donors (Lipinski definition) is 1. The molecule has 0 saturated carbocycles. The smallest absolute Gasteiger partial charge is 0.271 e. The number of pyridine rings is 3. The average Bonchev–Trinajstić information content (AvgIpc) is 3.10. The lowest BCUT2D eigenvalue weighted by atomic mass is 10.1. The van der Waals surface area contributed by atoms with Crippen LogP contribution in [0.1, 0.15) is 24.3 Å². The Kier molecular flexibility index (Phi) is 4.95. The van der Waals surface area contributed by atoms with Gasteiger partial charge in [-0.15, -0.1) is 0 Å². The fraction of sp³-hybridized carbons (Fsp3) is 0.174. The predicted molar refractivity (Wildman–Crippen MR) is 114 cm³/mol. The number of aromatic nitrogens is 4. The molecule has 7 nitrogen and oxygen atoms in total. The molecule has 0 radical (unpaired) electrons. The summed E-state index contributed by atoms with van der Waals surface area (Å²) in [6.45, 7) is 3.24. The Morgan fingerprint density at radius 2 is 1.90 bits per heavy atom. The van der Waals surface area contributed by atoms with Crippen molar-refractivity contribution in [2.24, 2.45) is 7.05 Å². The maximum atomic E-state index is 13.2. The van der Waals surface area contributed by atoms with Crippen molar-refractivity contribution >= 4 is 16.9 Å². The third-order valence-corrected chi connectivity index (χ3v) is 4.87. The van der Waals surface area contributed by atoms with E-state index in [1.165, 1.54) is 12.3 Å². The Morgan fingerprint density at radius 1 is 1.13 bits per heavy atom. The maximum Gasteiger partial charge on any atom is 0.271 e. The number of hydrogen-bond acceptors (Lipinski definition) is 5. The first-order valence-electron chi connectivity index (χ1n) is 9.56. The Labute approximate surface area is 178 Å². The van der Waals surface area contributed by atoms with Crippen LogP contribution >= 0.6 is 0 Å². The molecule has 4 aromatic rings. The van der Waals surface area contributed by atoms with Gasteiger partial charge in [-0.05, 0) is 50.2 Å². The quantitative estimate of drug-likeness (QED) is 0.512. The van der Waals surface area contributed by atoms with Gasteiger partial charge in [0.1, 0.15) is 16.9 Å². The van der Waals surface area contributed by atoms with Gasteiger partial charge < -0.3 is 9.88 Å². The molecular formula is C23H19FN6O. The molecule has 0 aliphatic carbocycles. The first-order chi connectivity index (χ1) is 14.8. The van der Waals surface area contributed by atoms with Gasteiger partial charge in [-0.1, -0.05) is 6.07 Å². The van der Waals surface area contributed by atoms with Gasteiger partial charge in [0.05, 0.1) is 17.5 Å². The SMILES string of the molecule is Cn1c(-c2ccc(F)nc2)cc2cc(-c3cccc(C(=O)NC(C)(C)C#N)n3)cnc21. The summed E-state index contributed by atoms with van der Waals surface area (Å²) in [5.41, 5.74) is 2.94. The number of nitriles is 1. The first-order valence-corrected chi connectivity index (χ1v) is 9.56. The van der Waals surface area contributed by atoms with Crippen LogP contribution in [-0.4, -0.2) is 31.0 Å². The minimum Gasteiger partial charge on any atom is -0.333 e. The molecule has 0 atom stereocenters. The highest BCUT2D eigenvalue weighted by Gasteiger charge is 2.21. The minimum absolute atomic E-state index is 0.215. The number of rotatable bonds is 4. The van der Waals surface area contributed by atoms with E-state index in [1.807, 2.05) is 29.8 Å². The Hall–Kier alpha value is -4.12. The van der Waals surface area contributed by atoms with E-state index in [2.05, 4.69) is 20.3 Å². The Bertz CT molecular complexity index is 1330. The molecule has 4 aromatic heterocycles. The molecule has 0 spiro atoms. The number of nitrogens with one attached hydrogen (secondary N) is 1. The molecule has 0 saturated heterocycles. The second-order valence-electron chi connectivity index (χ2n) is 7.69. The van der Waals surface area contributed by atoms with Crippen molar-refractivity contribution in [3.8, 4) is 28.6 Å². The van der Waals surface area contributed by atoms with Crippen LogP contribution in [0.4, 0.5) is 4.39 Å². The fourth-order valence-corrected chi connectivity index (χ4v) is 3.26. The number of amides is 1. The lowest BCUT2D eigenvalue weighted by molar-refractivity contribution is 0.0924. The van der Waals surface area contributed by atoms with Crippen molar-refractivity contribution in [2.75, 3.05) is 0 Å². The largest absolute Gasteiger partial charge is 0.333 e. The second-order valence-corrected chi connectivity index (χ2v) is 7.69. The van der Waals surface area contributed by atoms with E-state index < -0.39 is 17.4 Å². The third-order valence-electron chi connectivity index (χ3n) is 4.87. The van der Waals surface area contributed by atoms with Crippen LogP contribution < -0.4 is 5.32 Å². The van der Waals surface area contributed by atoms with Gasteiger partial charge in [0.15, 0.2) is 0 Å². The average molecular weight is 414 g/mol. The van der Waals surface area contributed by atoms with Gasteiger partial charge in [-0.2, -0.15) is 9.65 Å². The number of fused-ring (bicyclic) bond motifs is 1. The van der Waals surface area contributed by atoms with Crippen LogP contribution in [-0.2, 0) is 7.05 Å². The van der Waals surface area contributed by atoms with Crippen LogP contribution in [0.5, 0.6) is 0 Å². The number of halogens is 1. The van der Waals surface area contributed by atoms with Crippen molar-refractivity contribution in [1.29, 1.82) is 5.26 Å². The van der Waals surface area contributed by atoms with E-state index in [0.29, 0.717) is 5.69 Å². The molecule has 0 fully saturated rings. The van der Waals surface area contributed by atoms with Gasteiger partial charge in [-0.25, -0.2) is 15.0 Å². The van der Waals surface area contributed by atoms with Crippen LogP contribution in [0.25, 0.3) is 33.5 Å². The summed E-state index contributed by atoms with van der Waals surface area (Å²) >= 11 is 0. The van der Waals surface area contributed by atoms with E-state index in [1.54, 1.807) is 44.3 Å². The van der Waals surface area contributed by atoms with E-state index >= 15 is 0 Å². The molecule has 0 aliphatic rings. The summed E-state index contributed by atoms with van der Waals surface area (Å²) in [6.07, 6.45) is 3.18. The number of nitrogens with zero attached hydrogens (tertiary/aromatic N) is 5. The zero-order valence-corrected chi connectivity index (χ0v) is 17.2. The molecule has 0 unspecified atom stereocenters. The highest BCUT2D eigenvalue weighted by molar-refractivity contribution is 5.94. The minimum atomic E-state index is -0.995. The summed E-state index contributed by atoms with van der Waals surface area (Å²) in [4.78, 5) is 25.2. The molecular weight excluding hydrogens is 395 g/mol. The molecule has 1 amide bonds. The highest BCUT2D eigenvalue weighted by atomic mass is 19.1. The number of carbonyl (C=O) groups is 1. The second kappa shape index (κ2) is 7.61. The normalized spacial score (nSPS) is 11.3. The Balaban J connectivity index is 1.70. The zero-order chi connectivity index (χ0) is 22.2. The summed E-state index contributed by atoms with van der Waals surface area (Å²) in [5.74, 6) is -0.954. The maximum absolute atomic E-state index is 13.2. The molecule has 8 heteroatoms. The van der Waals surface area contributed by atoms with E-state index in [9.17, 15) is 9.18 Å². The van der Waals surface area contributed by atoms with Crippen LogP contribution in [0.2, 0.25) is 0 Å². The lowest BCUT2D eigenvalue weighted by Gasteiger charge is -2.17. The molecule has 0 aliphatic heterocycles. The number of carbonyl (C=O) groups excluding carboxylic acids is 1. The summed E-state index contributed by atoms with van der Waals surface area (Å²) < 4.78 is 15.1. The molecule has 0 bridgehead atoms. The van der Waals surface area contributed by atoms with Gasteiger partial charge in [0.2, 0.25) is 5.95 Å². The molecule has 4 rings (SSSR count). The van der Waals surface area contributed by atoms with Gasteiger partial charge in [-0.3, -0.25) is 4.79 Å².